The Morgan fingerprint density at radius 1 is 1.08 bits per heavy atom. The van der Waals surface area contributed by atoms with Crippen molar-refractivity contribution in [2.75, 3.05) is 19.5 Å². The highest BCUT2D eigenvalue weighted by Gasteiger charge is 2.15. The lowest BCUT2D eigenvalue weighted by Gasteiger charge is -2.15. The molecule has 2 rings (SSSR count). The van der Waals surface area contributed by atoms with E-state index in [1.165, 1.54) is 25.3 Å². The number of carboxylic acids is 1. The van der Waals surface area contributed by atoms with Gasteiger partial charge in [0, 0.05) is 6.42 Å². The number of para-hydroxylation sites is 1. The van der Waals surface area contributed by atoms with Crippen molar-refractivity contribution in [3.8, 4) is 11.5 Å². The molecule has 0 fully saturated rings. The quantitative estimate of drug-likeness (QED) is 0.754. The fraction of sp³-hybridized carbons (Fsp3) is 0.300. The van der Waals surface area contributed by atoms with E-state index in [0.717, 1.165) is 11.3 Å². The maximum absolute atomic E-state index is 12.3. The summed E-state index contributed by atoms with van der Waals surface area (Å²) in [4.78, 5) is 23.4. The molecule has 0 bridgehead atoms. The SMILES string of the molecule is COc1ccccc1CC(C)CC(=O)Nc1ccc(C(=O)O)cc1OC. The van der Waals surface area contributed by atoms with Gasteiger partial charge in [-0.2, -0.15) is 0 Å². The Kier molecular flexibility index (Phi) is 6.60. The molecule has 0 aromatic heterocycles. The summed E-state index contributed by atoms with van der Waals surface area (Å²) in [5.41, 5.74) is 1.61. The molecule has 0 saturated carbocycles. The Bertz CT molecular complexity index is 788. The maximum Gasteiger partial charge on any atom is 0.335 e. The van der Waals surface area contributed by atoms with Crippen molar-refractivity contribution >= 4 is 17.6 Å². The lowest BCUT2D eigenvalue weighted by Crippen LogP contribution is -2.17. The topological polar surface area (TPSA) is 84.9 Å². The number of amides is 1. The Morgan fingerprint density at radius 2 is 1.77 bits per heavy atom. The molecule has 1 amide bonds. The second-order valence-electron chi connectivity index (χ2n) is 6.09. The monoisotopic (exact) mass is 357 g/mol. The molecule has 6 heteroatoms. The van der Waals surface area contributed by atoms with Crippen molar-refractivity contribution < 1.29 is 24.2 Å². The smallest absolute Gasteiger partial charge is 0.335 e. The number of nitrogens with one attached hydrogen (secondary N) is 1. The first kappa shape index (κ1) is 19.3. The number of carbonyl (C=O) groups excluding carboxylic acids is 1. The van der Waals surface area contributed by atoms with Gasteiger partial charge in [-0.15, -0.1) is 0 Å². The molecule has 2 aromatic rings. The molecular weight excluding hydrogens is 334 g/mol. The number of aromatic carboxylic acids is 1. The highest BCUT2D eigenvalue weighted by atomic mass is 16.5. The summed E-state index contributed by atoms with van der Waals surface area (Å²) >= 11 is 0. The van der Waals surface area contributed by atoms with Crippen LogP contribution in [0.25, 0.3) is 0 Å². The molecule has 6 nitrogen and oxygen atoms in total. The highest BCUT2D eigenvalue weighted by Crippen LogP contribution is 2.27. The number of methoxy groups -OCH3 is 2. The van der Waals surface area contributed by atoms with Gasteiger partial charge in [0.2, 0.25) is 5.91 Å². The van der Waals surface area contributed by atoms with Gasteiger partial charge in [-0.1, -0.05) is 25.1 Å². The van der Waals surface area contributed by atoms with E-state index in [9.17, 15) is 9.59 Å². The fourth-order valence-electron chi connectivity index (χ4n) is 2.76. The van der Waals surface area contributed by atoms with Gasteiger partial charge >= 0.3 is 5.97 Å². The predicted molar refractivity (Wildman–Crippen MR) is 99.1 cm³/mol. The summed E-state index contributed by atoms with van der Waals surface area (Å²) in [6, 6.07) is 12.1. The molecule has 1 atom stereocenters. The lowest BCUT2D eigenvalue weighted by molar-refractivity contribution is -0.117. The Hall–Kier alpha value is -3.02. The Labute approximate surface area is 152 Å². The van der Waals surface area contributed by atoms with Crippen LogP contribution in [0.5, 0.6) is 11.5 Å². The zero-order valence-corrected chi connectivity index (χ0v) is 15.1. The van der Waals surface area contributed by atoms with Crippen LogP contribution < -0.4 is 14.8 Å². The van der Waals surface area contributed by atoms with Gasteiger partial charge in [0.15, 0.2) is 0 Å². The predicted octanol–water partition coefficient (Wildman–Crippen LogP) is 3.61. The maximum atomic E-state index is 12.3. The highest BCUT2D eigenvalue weighted by molar-refractivity contribution is 5.94. The largest absolute Gasteiger partial charge is 0.496 e. The molecule has 138 valence electrons. The molecule has 1 unspecified atom stereocenters. The lowest BCUT2D eigenvalue weighted by atomic mass is 9.97. The minimum Gasteiger partial charge on any atom is -0.496 e. The summed E-state index contributed by atoms with van der Waals surface area (Å²) in [6.45, 7) is 2.00. The van der Waals surface area contributed by atoms with E-state index in [2.05, 4.69) is 5.32 Å². The van der Waals surface area contributed by atoms with Gasteiger partial charge in [-0.05, 0) is 42.2 Å². The van der Waals surface area contributed by atoms with Crippen LogP contribution in [-0.2, 0) is 11.2 Å². The van der Waals surface area contributed by atoms with Crippen LogP contribution in [0.3, 0.4) is 0 Å². The third kappa shape index (κ3) is 4.99. The molecule has 0 aliphatic carbocycles. The number of carbonyl (C=O) groups is 2. The van der Waals surface area contributed by atoms with E-state index >= 15 is 0 Å². The molecule has 0 aliphatic heterocycles. The second-order valence-corrected chi connectivity index (χ2v) is 6.09. The van der Waals surface area contributed by atoms with E-state index in [1.807, 2.05) is 31.2 Å². The molecule has 26 heavy (non-hydrogen) atoms. The van der Waals surface area contributed by atoms with Gasteiger partial charge in [-0.3, -0.25) is 4.79 Å². The van der Waals surface area contributed by atoms with Crippen molar-refractivity contribution in [2.24, 2.45) is 5.92 Å². The zero-order valence-electron chi connectivity index (χ0n) is 15.1. The van der Waals surface area contributed by atoms with Crippen molar-refractivity contribution in [2.45, 2.75) is 19.8 Å². The van der Waals surface area contributed by atoms with Crippen LogP contribution in [0.15, 0.2) is 42.5 Å². The minimum absolute atomic E-state index is 0.101. The molecule has 0 radical (unpaired) electrons. The number of anilines is 1. The standard InChI is InChI=1S/C20H23NO5/c1-13(10-14-6-4-5-7-17(14)25-2)11-19(22)21-16-9-8-15(20(23)24)12-18(16)26-3/h4-9,12-13H,10-11H2,1-3H3,(H,21,22)(H,23,24). The van der Waals surface area contributed by atoms with Gasteiger partial charge in [-0.25, -0.2) is 4.79 Å². The second kappa shape index (κ2) is 8.89. The third-order valence-corrected chi connectivity index (χ3v) is 4.02. The van der Waals surface area contributed by atoms with Crippen LogP contribution in [0.2, 0.25) is 0 Å². The molecule has 2 N–H and O–H groups in total. The van der Waals surface area contributed by atoms with Gasteiger partial charge in [0.25, 0.3) is 0 Å². The summed E-state index contributed by atoms with van der Waals surface area (Å²) in [6.07, 6.45) is 1.04. The first-order valence-electron chi connectivity index (χ1n) is 8.27. The molecule has 0 spiro atoms. The Morgan fingerprint density at radius 3 is 2.42 bits per heavy atom. The van der Waals surface area contributed by atoms with Crippen molar-refractivity contribution in [1.82, 2.24) is 0 Å². The van der Waals surface area contributed by atoms with E-state index in [1.54, 1.807) is 7.11 Å². The molecule has 0 heterocycles. The summed E-state index contributed by atoms with van der Waals surface area (Å²) in [5, 5.41) is 11.8. The van der Waals surface area contributed by atoms with Gasteiger partial charge in [0.05, 0.1) is 25.5 Å². The number of hydrogen-bond acceptors (Lipinski definition) is 4. The summed E-state index contributed by atoms with van der Waals surface area (Å²) < 4.78 is 10.5. The number of carboxylic acid groups (broad SMARTS) is 1. The summed E-state index contributed by atoms with van der Waals surface area (Å²) in [7, 11) is 3.06. The van der Waals surface area contributed by atoms with Gasteiger partial charge in [0.1, 0.15) is 11.5 Å². The van der Waals surface area contributed by atoms with Gasteiger partial charge < -0.3 is 19.9 Å². The number of rotatable bonds is 8. The number of benzene rings is 2. The van der Waals surface area contributed by atoms with Crippen LogP contribution in [0, 0.1) is 5.92 Å². The van der Waals surface area contributed by atoms with Crippen LogP contribution in [-0.4, -0.2) is 31.2 Å². The van der Waals surface area contributed by atoms with Crippen molar-refractivity contribution in [3.05, 3.63) is 53.6 Å². The van der Waals surface area contributed by atoms with E-state index in [-0.39, 0.29) is 17.4 Å². The first-order chi connectivity index (χ1) is 12.4. The average Bonchev–Trinajstić information content (AvgIpc) is 2.62. The molecule has 0 aliphatic rings. The number of hydrogen-bond donors (Lipinski definition) is 2. The average molecular weight is 357 g/mol. The van der Waals surface area contributed by atoms with Crippen molar-refractivity contribution in [3.63, 3.8) is 0 Å². The zero-order chi connectivity index (χ0) is 19.1. The Balaban J connectivity index is 2.01. The van der Waals surface area contributed by atoms with E-state index in [0.29, 0.717) is 24.3 Å². The van der Waals surface area contributed by atoms with E-state index in [4.69, 9.17) is 14.6 Å². The molecular formula is C20H23NO5. The molecule has 0 saturated heterocycles. The van der Waals surface area contributed by atoms with Crippen molar-refractivity contribution in [1.29, 1.82) is 0 Å². The first-order valence-corrected chi connectivity index (χ1v) is 8.27. The number of ether oxygens (including phenoxy) is 2. The third-order valence-electron chi connectivity index (χ3n) is 4.02. The normalized spacial score (nSPS) is 11.5. The minimum atomic E-state index is -1.05. The van der Waals surface area contributed by atoms with Crippen LogP contribution in [0.4, 0.5) is 5.69 Å². The van der Waals surface area contributed by atoms with Crippen LogP contribution >= 0.6 is 0 Å². The molecule has 2 aromatic carbocycles. The van der Waals surface area contributed by atoms with E-state index < -0.39 is 5.97 Å². The summed E-state index contributed by atoms with van der Waals surface area (Å²) in [5.74, 6) is 0.0253. The fourth-order valence-corrected chi connectivity index (χ4v) is 2.76. The van der Waals surface area contributed by atoms with Crippen LogP contribution in [0.1, 0.15) is 29.3 Å².